The normalized spacial score (nSPS) is 12.0. The Bertz CT molecular complexity index is 1420. The van der Waals surface area contributed by atoms with Crippen molar-refractivity contribution < 1.29 is 14.3 Å². The van der Waals surface area contributed by atoms with Crippen LogP contribution in [-0.4, -0.2) is 24.1 Å². The van der Waals surface area contributed by atoms with Crippen LogP contribution in [0.15, 0.2) is 96.1 Å². The Balaban J connectivity index is 1.51. The summed E-state index contributed by atoms with van der Waals surface area (Å²) < 4.78 is 6.13. The molecule has 4 rings (SSSR count). The molecule has 0 aliphatic heterocycles. The second-order valence-corrected chi connectivity index (χ2v) is 9.81. The first-order valence-corrected chi connectivity index (χ1v) is 12.9. The van der Waals surface area contributed by atoms with E-state index >= 15 is 0 Å². The third kappa shape index (κ3) is 7.20. The summed E-state index contributed by atoms with van der Waals surface area (Å²) in [6, 6.07) is 27.5. The standard InChI is InChI=1S/C31H30ClN3O3/c1-21(2)18-28(34-30(36)24-12-15-25(32)16-13-24)31(37)35-33-19-27-26-11-7-6-10-23(26)14-17-29(27)38-20-22-8-4-3-5-9-22/h3-17,19,21,28H,18,20H2,1-2H3,(H,34,36)(H,35,37)/b33-19+. The first kappa shape index (κ1) is 26.9. The van der Waals surface area contributed by atoms with E-state index in [0.29, 0.717) is 29.4 Å². The summed E-state index contributed by atoms with van der Waals surface area (Å²) in [6.45, 7) is 4.38. The van der Waals surface area contributed by atoms with E-state index in [-0.39, 0.29) is 11.8 Å². The fraction of sp³-hybridized carbons (Fsp3) is 0.194. The summed E-state index contributed by atoms with van der Waals surface area (Å²) in [5, 5.41) is 9.59. The Labute approximate surface area is 227 Å². The van der Waals surface area contributed by atoms with Crippen molar-refractivity contribution in [3.63, 3.8) is 0 Å². The second kappa shape index (κ2) is 12.9. The summed E-state index contributed by atoms with van der Waals surface area (Å²) in [5.74, 6) is 0.0815. The minimum atomic E-state index is -0.753. The molecule has 4 aromatic carbocycles. The van der Waals surface area contributed by atoms with Gasteiger partial charge in [-0.25, -0.2) is 5.43 Å². The summed E-state index contributed by atoms with van der Waals surface area (Å²) >= 11 is 5.93. The molecule has 7 heteroatoms. The Morgan fingerprint density at radius 2 is 1.63 bits per heavy atom. The molecule has 0 saturated carbocycles. The van der Waals surface area contributed by atoms with Crippen LogP contribution < -0.4 is 15.5 Å². The predicted molar refractivity (Wildman–Crippen MR) is 153 cm³/mol. The molecule has 0 aliphatic carbocycles. The van der Waals surface area contributed by atoms with Gasteiger partial charge in [0.25, 0.3) is 11.8 Å². The Hall–Kier alpha value is -4.16. The van der Waals surface area contributed by atoms with Crippen LogP contribution in [0.1, 0.15) is 41.8 Å². The van der Waals surface area contributed by atoms with E-state index in [9.17, 15) is 9.59 Å². The van der Waals surface area contributed by atoms with Gasteiger partial charge in [-0.1, -0.05) is 86.1 Å². The van der Waals surface area contributed by atoms with Crippen molar-refractivity contribution in [2.75, 3.05) is 0 Å². The van der Waals surface area contributed by atoms with Gasteiger partial charge in [-0.2, -0.15) is 5.10 Å². The van der Waals surface area contributed by atoms with Crippen LogP contribution in [0.3, 0.4) is 0 Å². The first-order valence-electron chi connectivity index (χ1n) is 12.5. The molecular formula is C31H30ClN3O3. The number of fused-ring (bicyclic) bond motifs is 1. The second-order valence-electron chi connectivity index (χ2n) is 9.37. The number of carbonyl (C=O) groups excluding carboxylic acids is 2. The van der Waals surface area contributed by atoms with Gasteiger partial charge >= 0.3 is 0 Å². The van der Waals surface area contributed by atoms with Crippen molar-refractivity contribution in [1.82, 2.24) is 10.7 Å². The molecule has 2 amide bonds. The van der Waals surface area contributed by atoms with Gasteiger partial charge in [0.2, 0.25) is 0 Å². The molecule has 0 aromatic heterocycles. The number of hydrazone groups is 1. The van der Waals surface area contributed by atoms with Crippen LogP contribution in [0, 0.1) is 5.92 Å². The van der Waals surface area contributed by atoms with Crippen molar-refractivity contribution in [2.24, 2.45) is 11.0 Å². The maximum Gasteiger partial charge on any atom is 0.262 e. The van der Waals surface area contributed by atoms with Crippen LogP contribution in [-0.2, 0) is 11.4 Å². The number of amides is 2. The zero-order chi connectivity index (χ0) is 26.9. The van der Waals surface area contributed by atoms with Crippen LogP contribution in [0.2, 0.25) is 5.02 Å². The molecule has 0 bridgehead atoms. The van der Waals surface area contributed by atoms with Gasteiger partial charge in [0.1, 0.15) is 18.4 Å². The monoisotopic (exact) mass is 527 g/mol. The number of benzene rings is 4. The van der Waals surface area contributed by atoms with E-state index in [4.69, 9.17) is 16.3 Å². The fourth-order valence-electron chi connectivity index (χ4n) is 4.05. The number of halogens is 1. The van der Waals surface area contributed by atoms with E-state index in [0.717, 1.165) is 21.9 Å². The SMILES string of the molecule is CC(C)CC(NC(=O)c1ccc(Cl)cc1)C(=O)N/N=C/c1c(OCc2ccccc2)ccc2ccccc12. The summed E-state index contributed by atoms with van der Waals surface area (Å²) in [7, 11) is 0. The molecule has 0 aliphatic rings. The molecule has 1 atom stereocenters. The summed E-state index contributed by atoms with van der Waals surface area (Å²) in [6.07, 6.45) is 2.05. The van der Waals surface area contributed by atoms with Crippen molar-refractivity contribution in [3.8, 4) is 5.75 Å². The Morgan fingerprint density at radius 3 is 2.37 bits per heavy atom. The lowest BCUT2D eigenvalue weighted by Crippen LogP contribution is -2.46. The summed E-state index contributed by atoms with van der Waals surface area (Å²) in [4.78, 5) is 25.8. The minimum absolute atomic E-state index is 0.177. The predicted octanol–water partition coefficient (Wildman–Crippen LogP) is 6.37. The molecule has 0 heterocycles. The van der Waals surface area contributed by atoms with Gasteiger partial charge < -0.3 is 10.1 Å². The van der Waals surface area contributed by atoms with Crippen molar-refractivity contribution >= 4 is 40.4 Å². The molecule has 0 spiro atoms. The van der Waals surface area contributed by atoms with Crippen LogP contribution in [0.4, 0.5) is 0 Å². The largest absolute Gasteiger partial charge is 0.488 e. The molecule has 38 heavy (non-hydrogen) atoms. The molecule has 1 unspecified atom stereocenters. The maximum absolute atomic E-state index is 13.1. The lowest BCUT2D eigenvalue weighted by Gasteiger charge is -2.19. The van der Waals surface area contributed by atoms with Crippen molar-refractivity contribution in [2.45, 2.75) is 32.9 Å². The highest BCUT2D eigenvalue weighted by atomic mass is 35.5. The highest BCUT2D eigenvalue weighted by Crippen LogP contribution is 2.27. The van der Waals surface area contributed by atoms with Gasteiger partial charge in [0.05, 0.1) is 6.21 Å². The van der Waals surface area contributed by atoms with Gasteiger partial charge in [-0.3, -0.25) is 9.59 Å². The highest BCUT2D eigenvalue weighted by Gasteiger charge is 2.22. The number of carbonyl (C=O) groups is 2. The number of hydrogen-bond acceptors (Lipinski definition) is 4. The molecule has 4 aromatic rings. The Kier molecular flexibility index (Phi) is 9.11. The summed E-state index contributed by atoms with van der Waals surface area (Å²) in [5.41, 5.74) is 4.83. The van der Waals surface area contributed by atoms with E-state index in [1.165, 1.54) is 0 Å². The minimum Gasteiger partial charge on any atom is -0.488 e. The smallest absolute Gasteiger partial charge is 0.262 e. The van der Waals surface area contributed by atoms with Gasteiger partial charge in [-0.05, 0) is 59.0 Å². The van der Waals surface area contributed by atoms with Crippen molar-refractivity contribution in [3.05, 3.63) is 113 Å². The topological polar surface area (TPSA) is 79.8 Å². The molecule has 2 N–H and O–H groups in total. The van der Waals surface area contributed by atoms with Crippen LogP contribution in [0.5, 0.6) is 5.75 Å². The Morgan fingerprint density at radius 1 is 0.921 bits per heavy atom. The lowest BCUT2D eigenvalue weighted by atomic mass is 10.0. The lowest BCUT2D eigenvalue weighted by molar-refractivity contribution is -0.123. The average Bonchev–Trinajstić information content (AvgIpc) is 2.92. The van der Waals surface area contributed by atoms with E-state index < -0.39 is 11.9 Å². The quantitative estimate of drug-likeness (QED) is 0.186. The average molecular weight is 528 g/mol. The van der Waals surface area contributed by atoms with E-state index in [1.807, 2.05) is 80.6 Å². The number of nitrogens with one attached hydrogen (secondary N) is 2. The first-order chi connectivity index (χ1) is 18.4. The number of nitrogens with zero attached hydrogens (tertiary/aromatic N) is 1. The fourth-order valence-corrected chi connectivity index (χ4v) is 4.18. The molecular weight excluding hydrogens is 498 g/mol. The highest BCUT2D eigenvalue weighted by molar-refractivity contribution is 6.30. The third-order valence-corrected chi connectivity index (χ3v) is 6.22. The van der Waals surface area contributed by atoms with Crippen LogP contribution >= 0.6 is 11.6 Å². The third-order valence-electron chi connectivity index (χ3n) is 5.97. The zero-order valence-corrected chi connectivity index (χ0v) is 22.1. The van der Waals surface area contributed by atoms with Crippen molar-refractivity contribution in [1.29, 1.82) is 0 Å². The van der Waals surface area contributed by atoms with E-state index in [1.54, 1.807) is 30.5 Å². The molecule has 194 valence electrons. The molecule has 0 fully saturated rings. The zero-order valence-electron chi connectivity index (χ0n) is 21.4. The molecule has 6 nitrogen and oxygen atoms in total. The number of ether oxygens (including phenoxy) is 1. The molecule has 0 radical (unpaired) electrons. The van der Waals surface area contributed by atoms with Gasteiger partial charge in [-0.15, -0.1) is 0 Å². The number of rotatable bonds is 10. The van der Waals surface area contributed by atoms with Gasteiger partial charge in [0, 0.05) is 16.1 Å². The number of hydrogen-bond donors (Lipinski definition) is 2. The van der Waals surface area contributed by atoms with Gasteiger partial charge in [0.15, 0.2) is 0 Å². The van der Waals surface area contributed by atoms with Crippen LogP contribution in [0.25, 0.3) is 10.8 Å². The molecule has 0 saturated heterocycles. The van der Waals surface area contributed by atoms with E-state index in [2.05, 4.69) is 15.8 Å². The maximum atomic E-state index is 13.1.